The summed E-state index contributed by atoms with van der Waals surface area (Å²) in [5.74, 6) is 0.211. The van der Waals surface area contributed by atoms with E-state index in [9.17, 15) is 13.2 Å². The van der Waals surface area contributed by atoms with Gasteiger partial charge in [-0.05, 0) is 18.6 Å². The molecule has 20 heavy (non-hydrogen) atoms. The zero-order valence-electron chi connectivity index (χ0n) is 11.6. The number of rotatable bonds is 4. The Morgan fingerprint density at radius 3 is 2.40 bits per heavy atom. The molecule has 0 spiro atoms. The molecule has 1 atom stereocenters. The van der Waals surface area contributed by atoms with Crippen LogP contribution >= 0.6 is 0 Å². The van der Waals surface area contributed by atoms with Gasteiger partial charge >= 0.3 is 0 Å². The number of nitrogens with one attached hydrogen (secondary N) is 1. The van der Waals surface area contributed by atoms with Crippen molar-refractivity contribution < 1.29 is 13.2 Å². The topological polar surface area (TPSA) is 66.5 Å². The number of carbonyl (C=O) groups excluding carboxylic acids is 1. The Labute approximate surface area is 119 Å². The highest BCUT2D eigenvalue weighted by Crippen LogP contribution is 2.13. The van der Waals surface area contributed by atoms with Gasteiger partial charge in [0.05, 0.1) is 17.5 Å². The molecule has 1 aliphatic heterocycles. The summed E-state index contributed by atoms with van der Waals surface area (Å²) in [5.41, 5.74) is 0.764. The number of nitrogens with zero attached hydrogens (tertiary/aromatic N) is 1. The Morgan fingerprint density at radius 1 is 1.25 bits per heavy atom. The van der Waals surface area contributed by atoms with Gasteiger partial charge in [-0.3, -0.25) is 9.69 Å². The van der Waals surface area contributed by atoms with E-state index < -0.39 is 9.84 Å². The van der Waals surface area contributed by atoms with Crippen molar-refractivity contribution in [3.63, 3.8) is 0 Å². The maximum absolute atomic E-state index is 12.3. The van der Waals surface area contributed by atoms with Crippen molar-refractivity contribution in [2.45, 2.75) is 19.4 Å². The molecule has 0 aromatic heterocycles. The fourth-order valence-corrected chi connectivity index (χ4v) is 3.62. The van der Waals surface area contributed by atoms with Gasteiger partial charge in [-0.2, -0.15) is 0 Å². The number of anilines is 1. The van der Waals surface area contributed by atoms with E-state index in [2.05, 4.69) is 5.32 Å². The molecule has 1 amide bonds. The van der Waals surface area contributed by atoms with Gasteiger partial charge in [-0.15, -0.1) is 0 Å². The van der Waals surface area contributed by atoms with Crippen LogP contribution < -0.4 is 5.32 Å². The van der Waals surface area contributed by atoms with E-state index in [0.29, 0.717) is 19.5 Å². The number of para-hydroxylation sites is 1. The highest BCUT2D eigenvalue weighted by molar-refractivity contribution is 7.91. The molecule has 1 N–H and O–H groups in total. The van der Waals surface area contributed by atoms with Gasteiger partial charge in [-0.25, -0.2) is 8.42 Å². The van der Waals surface area contributed by atoms with Crippen molar-refractivity contribution in [2.75, 3.05) is 29.9 Å². The molecule has 5 nitrogen and oxygen atoms in total. The summed E-state index contributed by atoms with van der Waals surface area (Å²) in [4.78, 5) is 14.3. The Hall–Kier alpha value is -1.40. The lowest BCUT2D eigenvalue weighted by molar-refractivity contribution is -0.121. The third-order valence-corrected chi connectivity index (χ3v) is 5.16. The van der Waals surface area contributed by atoms with Gasteiger partial charge in [0.25, 0.3) is 0 Å². The molecule has 1 aromatic carbocycles. The van der Waals surface area contributed by atoms with Gasteiger partial charge < -0.3 is 5.32 Å². The van der Waals surface area contributed by atoms with Crippen molar-refractivity contribution in [1.82, 2.24) is 4.90 Å². The van der Waals surface area contributed by atoms with E-state index in [1.54, 1.807) is 0 Å². The highest BCUT2D eigenvalue weighted by Gasteiger charge is 2.30. The van der Waals surface area contributed by atoms with E-state index in [1.807, 2.05) is 42.2 Å². The molecule has 1 fully saturated rings. The molecule has 110 valence electrons. The third-order valence-electron chi connectivity index (χ3n) is 3.55. The first kappa shape index (κ1) is 15.0. The first-order chi connectivity index (χ1) is 9.52. The second kappa shape index (κ2) is 6.37. The van der Waals surface area contributed by atoms with Crippen molar-refractivity contribution in [2.24, 2.45) is 0 Å². The van der Waals surface area contributed by atoms with Gasteiger partial charge in [0.2, 0.25) is 5.91 Å². The normalized spacial score (nSPS) is 20.2. The molecule has 0 saturated carbocycles. The molecule has 1 heterocycles. The smallest absolute Gasteiger partial charge is 0.241 e. The first-order valence-corrected chi connectivity index (χ1v) is 8.64. The predicted molar refractivity (Wildman–Crippen MR) is 79.4 cm³/mol. The van der Waals surface area contributed by atoms with Crippen LogP contribution in [0.3, 0.4) is 0 Å². The summed E-state index contributed by atoms with van der Waals surface area (Å²) >= 11 is 0. The standard InChI is InChI=1S/C14H20N2O3S/c1-2-13(16-8-10-20(18,19)11-9-16)14(17)15-12-6-4-3-5-7-12/h3-7,13H,2,8-11H2,1H3,(H,15,17)/t13-/m0/s1. The predicted octanol–water partition coefficient (Wildman–Crippen LogP) is 1.13. The van der Waals surface area contributed by atoms with Crippen LogP contribution in [0.25, 0.3) is 0 Å². The van der Waals surface area contributed by atoms with E-state index in [4.69, 9.17) is 0 Å². The summed E-state index contributed by atoms with van der Waals surface area (Å²) in [5, 5.41) is 2.88. The molecular weight excluding hydrogens is 276 g/mol. The number of sulfone groups is 1. The van der Waals surface area contributed by atoms with Crippen LogP contribution in [0.15, 0.2) is 30.3 Å². The van der Waals surface area contributed by atoms with Gasteiger partial charge in [0.1, 0.15) is 0 Å². The zero-order valence-corrected chi connectivity index (χ0v) is 12.4. The Morgan fingerprint density at radius 2 is 1.85 bits per heavy atom. The lowest BCUT2D eigenvalue weighted by Crippen LogP contribution is -2.50. The SMILES string of the molecule is CC[C@@H](C(=O)Nc1ccccc1)N1CCS(=O)(=O)CC1. The van der Waals surface area contributed by atoms with Crippen LogP contribution in [0.5, 0.6) is 0 Å². The van der Waals surface area contributed by atoms with Crippen LogP contribution in [-0.2, 0) is 14.6 Å². The lowest BCUT2D eigenvalue weighted by Gasteiger charge is -2.32. The summed E-state index contributed by atoms with van der Waals surface area (Å²) < 4.78 is 22.9. The summed E-state index contributed by atoms with van der Waals surface area (Å²) in [7, 11) is -2.92. The van der Waals surface area contributed by atoms with E-state index >= 15 is 0 Å². The Bertz CT molecular complexity index is 543. The summed E-state index contributed by atoms with van der Waals surface area (Å²) in [6.45, 7) is 2.81. The highest BCUT2D eigenvalue weighted by atomic mass is 32.2. The Balaban J connectivity index is 1.99. The van der Waals surface area contributed by atoms with E-state index in [0.717, 1.165) is 5.69 Å². The first-order valence-electron chi connectivity index (χ1n) is 6.82. The maximum atomic E-state index is 12.3. The second-order valence-electron chi connectivity index (χ2n) is 4.97. The monoisotopic (exact) mass is 296 g/mol. The summed E-state index contributed by atoms with van der Waals surface area (Å²) in [6, 6.07) is 9.03. The van der Waals surface area contributed by atoms with Crippen LogP contribution in [0.4, 0.5) is 5.69 Å². The minimum absolute atomic E-state index is 0.0713. The number of amides is 1. The minimum atomic E-state index is -2.92. The lowest BCUT2D eigenvalue weighted by atomic mass is 10.1. The molecular formula is C14H20N2O3S. The minimum Gasteiger partial charge on any atom is -0.325 e. The molecule has 0 bridgehead atoms. The number of hydrogen-bond donors (Lipinski definition) is 1. The fraction of sp³-hybridized carbons (Fsp3) is 0.500. The van der Waals surface area contributed by atoms with Crippen molar-refractivity contribution >= 4 is 21.4 Å². The molecule has 0 unspecified atom stereocenters. The Kier molecular flexibility index (Phi) is 4.77. The average molecular weight is 296 g/mol. The molecule has 0 aliphatic carbocycles. The number of hydrogen-bond acceptors (Lipinski definition) is 4. The largest absolute Gasteiger partial charge is 0.325 e. The van der Waals surface area contributed by atoms with Gasteiger partial charge in [-0.1, -0.05) is 25.1 Å². The second-order valence-corrected chi connectivity index (χ2v) is 7.27. The average Bonchev–Trinajstić information content (AvgIpc) is 2.42. The summed E-state index contributed by atoms with van der Waals surface area (Å²) in [6.07, 6.45) is 0.665. The molecule has 1 saturated heterocycles. The fourth-order valence-electron chi connectivity index (χ4n) is 2.39. The van der Waals surface area contributed by atoms with Gasteiger partial charge in [0, 0.05) is 18.8 Å². The maximum Gasteiger partial charge on any atom is 0.241 e. The quantitative estimate of drug-likeness (QED) is 0.904. The van der Waals surface area contributed by atoms with Crippen molar-refractivity contribution in [3.05, 3.63) is 30.3 Å². The molecule has 2 rings (SSSR count). The molecule has 6 heteroatoms. The molecule has 0 radical (unpaired) electrons. The van der Waals surface area contributed by atoms with Crippen LogP contribution in [-0.4, -0.2) is 49.9 Å². The van der Waals surface area contributed by atoms with E-state index in [1.165, 1.54) is 0 Å². The number of benzene rings is 1. The van der Waals surface area contributed by atoms with Gasteiger partial charge in [0.15, 0.2) is 9.84 Å². The van der Waals surface area contributed by atoms with Crippen molar-refractivity contribution in [1.29, 1.82) is 0 Å². The molecule has 1 aliphatic rings. The molecule has 1 aromatic rings. The van der Waals surface area contributed by atoms with Crippen molar-refractivity contribution in [3.8, 4) is 0 Å². The zero-order chi connectivity index (χ0) is 14.6. The third kappa shape index (κ3) is 3.80. The van der Waals surface area contributed by atoms with Crippen LogP contribution in [0, 0.1) is 0 Å². The number of carbonyl (C=O) groups is 1. The van der Waals surface area contributed by atoms with Crippen LogP contribution in [0.2, 0.25) is 0 Å². The van der Waals surface area contributed by atoms with E-state index in [-0.39, 0.29) is 23.5 Å². The van der Waals surface area contributed by atoms with Crippen LogP contribution in [0.1, 0.15) is 13.3 Å².